The molecular weight excluding hydrogens is 374 g/mol. The van der Waals surface area contributed by atoms with Gasteiger partial charge in [-0.2, -0.15) is 0 Å². The van der Waals surface area contributed by atoms with Gasteiger partial charge < -0.3 is 19.9 Å². The molecule has 3 rings (SSSR count). The first-order valence-corrected chi connectivity index (χ1v) is 10.1. The standard InChI is InChI=1S/C22H28ClN3O2/c1-4-21(28-19-9-10-20(23)16(2)15-19)22(27)24-17-5-7-18(8-6-17)26-13-11-25(3)12-14-26/h5-10,15,21H,4,11-14H2,1-3H3,(H,24,27). The van der Waals surface area contributed by atoms with Gasteiger partial charge in [-0.1, -0.05) is 18.5 Å². The van der Waals surface area contributed by atoms with E-state index in [2.05, 4.69) is 34.3 Å². The van der Waals surface area contributed by atoms with Crippen LogP contribution < -0.4 is 15.0 Å². The summed E-state index contributed by atoms with van der Waals surface area (Å²) in [6.45, 7) is 8.03. The molecule has 28 heavy (non-hydrogen) atoms. The maximum Gasteiger partial charge on any atom is 0.265 e. The van der Waals surface area contributed by atoms with Crippen molar-refractivity contribution in [2.45, 2.75) is 26.4 Å². The minimum atomic E-state index is -0.558. The molecule has 1 unspecified atom stereocenters. The molecule has 1 N–H and O–H groups in total. The summed E-state index contributed by atoms with van der Waals surface area (Å²) in [5, 5.41) is 3.65. The highest BCUT2D eigenvalue weighted by Crippen LogP contribution is 2.23. The normalized spacial score (nSPS) is 15.9. The molecule has 1 saturated heterocycles. The molecule has 1 aliphatic rings. The van der Waals surface area contributed by atoms with E-state index in [0.29, 0.717) is 17.2 Å². The number of amides is 1. The molecule has 1 heterocycles. The number of halogens is 1. The van der Waals surface area contributed by atoms with Crippen molar-refractivity contribution in [3.63, 3.8) is 0 Å². The number of likely N-dealkylation sites (N-methyl/N-ethyl adjacent to an activating group) is 1. The molecule has 1 atom stereocenters. The zero-order valence-corrected chi connectivity index (χ0v) is 17.5. The average molecular weight is 402 g/mol. The number of nitrogens with one attached hydrogen (secondary N) is 1. The number of carbonyl (C=O) groups excluding carboxylic acids is 1. The van der Waals surface area contributed by atoms with Gasteiger partial charge in [-0.05, 0) is 68.4 Å². The highest BCUT2D eigenvalue weighted by atomic mass is 35.5. The Hall–Kier alpha value is -2.24. The number of carbonyl (C=O) groups is 1. The van der Waals surface area contributed by atoms with Crippen molar-refractivity contribution in [3.8, 4) is 5.75 Å². The van der Waals surface area contributed by atoms with Crippen LogP contribution in [0.5, 0.6) is 5.75 Å². The summed E-state index contributed by atoms with van der Waals surface area (Å²) in [6, 6.07) is 13.4. The number of rotatable bonds is 6. The molecule has 150 valence electrons. The minimum Gasteiger partial charge on any atom is -0.481 e. The first-order chi connectivity index (χ1) is 13.5. The Kier molecular flexibility index (Phi) is 6.81. The number of nitrogens with zero attached hydrogens (tertiary/aromatic N) is 2. The summed E-state index contributed by atoms with van der Waals surface area (Å²) in [5.74, 6) is 0.497. The maximum absolute atomic E-state index is 12.6. The number of benzene rings is 2. The minimum absolute atomic E-state index is 0.151. The van der Waals surface area contributed by atoms with E-state index < -0.39 is 6.10 Å². The van der Waals surface area contributed by atoms with Gasteiger partial charge in [-0.15, -0.1) is 0 Å². The molecule has 0 spiro atoms. The van der Waals surface area contributed by atoms with Gasteiger partial charge in [-0.3, -0.25) is 4.79 Å². The SMILES string of the molecule is CCC(Oc1ccc(Cl)c(C)c1)C(=O)Nc1ccc(N2CCN(C)CC2)cc1. The van der Waals surface area contributed by atoms with Crippen molar-refractivity contribution < 1.29 is 9.53 Å². The third-order valence-corrected chi connectivity index (χ3v) is 5.50. The molecule has 0 bridgehead atoms. The Bertz CT molecular complexity index is 802. The molecular formula is C22H28ClN3O2. The van der Waals surface area contributed by atoms with Crippen LogP contribution in [0.4, 0.5) is 11.4 Å². The van der Waals surface area contributed by atoms with Crippen LogP contribution in [0.1, 0.15) is 18.9 Å². The first-order valence-electron chi connectivity index (χ1n) is 9.73. The van der Waals surface area contributed by atoms with E-state index >= 15 is 0 Å². The second kappa shape index (κ2) is 9.30. The monoisotopic (exact) mass is 401 g/mol. The fraction of sp³-hybridized carbons (Fsp3) is 0.409. The summed E-state index contributed by atoms with van der Waals surface area (Å²) in [7, 11) is 2.15. The van der Waals surface area contributed by atoms with Crippen molar-refractivity contribution >= 4 is 28.9 Å². The second-order valence-electron chi connectivity index (χ2n) is 7.25. The summed E-state index contributed by atoms with van der Waals surface area (Å²) < 4.78 is 5.88. The van der Waals surface area contributed by atoms with E-state index in [1.54, 1.807) is 12.1 Å². The molecule has 1 fully saturated rings. The van der Waals surface area contributed by atoms with Crippen LogP contribution in [0.3, 0.4) is 0 Å². The van der Waals surface area contributed by atoms with Crippen LogP contribution >= 0.6 is 11.6 Å². The van der Waals surface area contributed by atoms with Crippen molar-refractivity contribution in [1.29, 1.82) is 0 Å². The van der Waals surface area contributed by atoms with Crippen LogP contribution in [-0.2, 0) is 4.79 Å². The van der Waals surface area contributed by atoms with Crippen LogP contribution in [0.2, 0.25) is 5.02 Å². The van der Waals surface area contributed by atoms with Crippen LogP contribution in [-0.4, -0.2) is 50.1 Å². The van der Waals surface area contributed by atoms with Crippen LogP contribution in [0.25, 0.3) is 0 Å². The van der Waals surface area contributed by atoms with Gasteiger partial charge in [0.25, 0.3) is 5.91 Å². The molecule has 2 aromatic rings. The van der Waals surface area contributed by atoms with Crippen molar-refractivity contribution in [2.24, 2.45) is 0 Å². The molecule has 0 radical (unpaired) electrons. The number of hydrogen-bond donors (Lipinski definition) is 1. The molecule has 0 saturated carbocycles. The fourth-order valence-electron chi connectivity index (χ4n) is 3.22. The molecule has 2 aromatic carbocycles. The molecule has 5 nitrogen and oxygen atoms in total. The number of anilines is 2. The second-order valence-corrected chi connectivity index (χ2v) is 7.66. The maximum atomic E-state index is 12.6. The zero-order valence-electron chi connectivity index (χ0n) is 16.7. The molecule has 0 aromatic heterocycles. The third kappa shape index (κ3) is 5.18. The largest absolute Gasteiger partial charge is 0.481 e. The van der Waals surface area contributed by atoms with Crippen LogP contribution in [0, 0.1) is 6.92 Å². The quantitative estimate of drug-likeness (QED) is 0.788. The number of ether oxygens (including phenoxy) is 1. The number of aryl methyl sites for hydroxylation is 1. The first kappa shape index (κ1) is 20.5. The molecule has 1 amide bonds. The third-order valence-electron chi connectivity index (χ3n) is 5.07. The lowest BCUT2D eigenvalue weighted by Gasteiger charge is -2.34. The smallest absolute Gasteiger partial charge is 0.265 e. The average Bonchev–Trinajstić information content (AvgIpc) is 2.70. The Morgan fingerprint density at radius 1 is 1.14 bits per heavy atom. The molecule has 6 heteroatoms. The van der Waals surface area contributed by atoms with Crippen LogP contribution in [0.15, 0.2) is 42.5 Å². The Balaban J connectivity index is 1.59. The van der Waals surface area contributed by atoms with E-state index in [9.17, 15) is 4.79 Å². The van der Waals surface area contributed by atoms with Crippen molar-refractivity contribution in [3.05, 3.63) is 53.1 Å². The lowest BCUT2D eigenvalue weighted by Crippen LogP contribution is -2.44. The van der Waals surface area contributed by atoms with Gasteiger partial charge in [0.05, 0.1) is 0 Å². The number of hydrogen-bond acceptors (Lipinski definition) is 4. The fourth-order valence-corrected chi connectivity index (χ4v) is 3.34. The lowest BCUT2D eigenvalue weighted by atomic mass is 10.2. The summed E-state index contributed by atoms with van der Waals surface area (Å²) in [6.07, 6.45) is 0.0188. The molecule has 0 aliphatic carbocycles. The van der Waals surface area contributed by atoms with Gasteiger partial charge >= 0.3 is 0 Å². The van der Waals surface area contributed by atoms with Gasteiger partial charge in [-0.25, -0.2) is 0 Å². The van der Waals surface area contributed by atoms with Gasteiger partial charge in [0.15, 0.2) is 6.10 Å². The van der Waals surface area contributed by atoms with E-state index in [1.807, 2.05) is 32.0 Å². The van der Waals surface area contributed by atoms with E-state index in [1.165, 1.54) is 5.69 Å². The topological polar surface area (TPSA) is 44.8 Å². The summed E-state index contributed by atoms with van der Waals surface area (Å²) in [4.78, 5) is 17.3. The number of piperazine rings is 1. The lowest BCUT2D eigenvalue weighted by molar-refractivity contribution is -0.122. The Labute approximate surface area is 172 Å². The summed E-state index contributed by atoms with van der Waals surface area (Å²) >= 11 is 6.06. The van der Waals surface area contributed by atoms with Gasteiger partial charge in [0.1, 0.15) is 5.75 Å². The zero-order chi connectivity index (χ0) is 20.1. The molecule has 1 aliphatic heterocycles. The highest BCUT2D eigenvalue weighted by molar-refractivity contribution is 6.31. The van der Waals surface area contributed by atoms with Gasteiger partial charge in [0.2, 0.25) is 0 Å². The highest BCUT2D eigenvalue weighted by Gasteiger charge is 2.19. The Morgan fingerprint density at radius 3 is 2.43 bits per heavy atom. The van der Waals surface area contributed by atoms with E-state index in [-0.39, 0.29) is 5.91 Å². The Morgan fingerprint density at radius 2 is 1.82 bits per heavy atom. The predicted molar refractivity (Wildman–Crippen MR) is 116 cm³/mol. The van der Waals surface area contributed by atoms with Crippen molar-refractivity contribution in [1.82, 2.24) is 4.90 Å². The van der Waals surface area contributed by atoms with E-state index in [4.69, 9.17) is 16.3 Å². The summed E-state index contributed by atoms with van der Waals surface area (Å²) in [5.41, 5.74) is 2.89. The van der Waals surface area contributed by atoms with E-state index in [0.717, 1.165) is 37.4 Å². The van der Waals surface area contributed by atoms with Gasteiger partial charge in [0, 0.05) is 42.6 Å². The van der Waals surface area contributed by atoms with Crippen molar-refractivity contribution in [2.75, 3.05) is 43.4 Å². The predicted octanol–water partition coefficient (Wildman–Crippen LogP) is 4.20.